The van der Waals surface area contributed by atoms with Crippen molar-refractivity contribution in [3.63, 3.8) is 0 Å². The largest absolute Gasteiger partial charge is 0.354 e. The van der Waals surface area contributed by atoms with Crippen LogP contribution in [0.3, 0.4) is 0 Å². The number of nitrogens with one attached hydrogen (secondary N) is 1. The molecule has 0 fully saturated rings. The molecule has 0 bridgehead atoms. The maximum atomic E-state index is 4.59. The van der Waals surface area contributed by atoms with Gasteiger partial charge < -0.3 is 5.32 Å². The minimum atomic E-state index is 0.664. The lowest BCUT2D eigenvalue weighted by Crippen LogP contribution is -2.05. The monoisotopic (exact) mass is 303 g/mol. The van der Waals surface area contributed by atoms with Crippen LogP contribution in [-0.4, -0.2) is 25.9 Å². The molecule has 0 saturated heterocycles. The zero-order valence-corrected chi connectivity index (χ0v) is 12.5. The molecular weight excluding hydrogens is 290 g/mol. The first-order valence-corrected chi connectivity index (χ1v) is 7.91. The van der Waals surface area contributed by atoms with Crippen molar-refractivity contribution in [2.24, 2.45) is 0 Å². The highest BCUT2D eigenvalue weighted by atomic mass is 32.2. The Hall–Kier alpha value is -1.73. The fourth-order valence-electron chi connectivity index (χ4n) is 1.73. The molecule has 7 heteroatoms. The Morgan fingerprint density at radius 1 is 1.25 bits per heavy atom. The standard InChI is InChI=1S/C13H13N5S2/c1-2-7-14-12-17-10-6-4-3-5-9(10)11(18-12)19-13-15-8-16-20-13/h3-6,8H,2,7H2,1H3,(H,14,17,18). The van der Waals surface area contributed by atoms with E-state index in [1.165, 1.54) is 23.3 Å². The van der Waals surface area contributed by atoms with Crippen molar-refractivity contribution in [3.8, 4) is 0 Å². The summed E-state index contributed by atoms with van der Waals surface area (Å²) in [4.78, 5) is 13.3. The fourth-order valence-corrected chi connectivity index (χ4v) is 3.21. The lowest BCUT2D eigenvalue weighted by molar-refractivity contribution is 0.945. The predicted molar refractivity (Wildman–Crippen MR) is 82.4 cm³/mol. The molecule has 5 nitrogen and oxygen atoms in total. The second-order valence-corrected chi connectivity index (χ2v) is 6.12. The van der Waals surface area contributed by atoms with E-state index >= 15 is 0 Å². The Balaban J connectivity index is 2.02. The van der Waals surface area contributed by atoms with Gasteiger partial charge in [-0.05, 0) is 35.8 Å². The van der Waals surface area contributed by atoms with Gasteiger partial charge in [0, 0.05) is 11.9 Å². The minimum Gasteiger partial charge on any atom is -0.354 e. The number of hydrogen-bond acceptors (Lipinski definition) is 7. The van der Waals surface area contributed by atoms with Crippen molar-refractivity contribution in [3.05, 3.63) is 30.6 Å². The summed E-state index contributed by atoms with van der Waals surface area (Å²) >= 11 is 2.90. The molecule has 0 spiro atoms. The maximum absolute atomic E-state index is 4.59. The van der Waals surface area contributed by atoms with Gasteiger partial charge in [0.2, 0.25) is 5.95 Å². The normalized spacial score (nSPS) is 10.8. The Morgan fingerprint density at radius 3 is 2.95 bits per heavy atom. The van der Waals surface area contributed by atoms with E-state index in [9.17, 15) is 0 Å². The molecule has 102 valence electrons. The van der Waals surface area contributed by atoms with Crippen LogP contribution in [0.1, 0.15) is 13.3 Å². The van der Waals surface area contributed by atoms with E-state index < -0.39 is 0 Å². The second kappa shape index (κ2) is 6.15. The summed E-state index contributed by atoms with van der Waals surface area (Å²) in [6.07, 6.45) is 2.60. The molecule has 20 heavy (non-hydrogen) atoms. The first-order valence-electron chi connectivity index (χ1n) is 6.32. The Kier molecular flexibility index (Phi) is 4.08. The Labute approximate surface area is 125 Å². The molecular formula is C13H13N5S2. The van der Waals surface area contributed by atoms with E-state index in [0.717, 1.165) is 33.2 Å². The van der Waals surface area contributed by atoms with E-state index in [-0.39, 0.29) is 0 Å². The number of nitrogens with zero attached hydrogens (tertiary/aromatic N) is 4. The van der Waals surface area contributed by atoms with Gasteiger partial charge in [0.15, 0.2) is 4.34 Å². The Bertz CT molecular complexity index is 699. The van der Waals surface area contributed by atoms with Crippen LogP contribution in [0.4, 0.5) is 5.95 Å². The lowest BCUT2D eigenvalue weighted by Gasteiger charge is -2.08. The summed E-state index contributed by atoms with van der Waals surface area (Å²) in [5, 5.41) is 5.18. The number of fused-ring (bicyclic) bond motifs is 1. The van der Waals surface area contributed by atoms with E-state index in [0.29, 0.717) is 5.95 Å². The van der Waals surface area contributed by atoms with Crippen LogP contribution in [0.15, 0.2) is 40.0 Å². The smallest absolute Gasteiger partial charge is 0.224 e. The summed E-state index contributed by atoms with van der Waals surface area (Å²) < 4.78 is 4.91. The van der Waals surface area contributed by atoms with Gasteiger partial charge in [0.25, 0.3) is 0 Å². The average Bonchev–Trinajstić information content (AvgIpc) is 2.98. The van der Waals surface area contributed by atoms with Crippen molar-refractivity contribution in [1.29, 1.82) is 0 Å². The van der Waals surface area contributed by atoms with Crippen LogP contribution in [-0.2, 0) is 0 Å². The number of anilines is 1. The fraction of sp³-hybridized carbons (Fsp3) is 0.231. The molecule has 0 atom stereocenters. The van der Waals surface area contributed by atoms with Crippen molar-refractivity contribution in [1.82, 2.24) is 19.3 Å². The zero-order chi connectivity index (χ0) is 13.8. The number of rotatable bonds is 5. The molecule has 0 amide bonds. The van der Waals surface area contributed by atoms with E-state index in [2.05, 4.69) is 31.6 Å². The molecule has 3 aromatic rings. The molecule has 2 aromatic heterocycles. The van der Waals surface area contributed by atoms with Gasteiger partial charge in [0.05, 0.1) is 5.52 Å². The summed E-state index contributed by atoms with van der Waals surface area (Å²) in [5.74, 6) is 0.664. The quantitative estimate of drug-likeness (QED) is 0.728. The van der Waals surface area contributed by atoms with Gasteiger partial charge >= 0.3 is 0 Å². The lowest BCUT2D eigenvalue weighted by atomic mass is 10.2. The second-order valence-electron chi connectivity index (χ2n) is 4.11. The van der Waals surface area contributed by atoms with Gasteiger partial charge in [0.1, 0.15) is 11.4 Å². The summed E-state index contributed by atoms with van der Waals surface area (Å²) in [6.45, 7) is 2.98. The van der Waals surface area contributed by atoms with Crippen LogP contribution in [0, 0.1) is 0 Å². The SMILES string of the molecule is CCCNc1nc(Sc2ncns2)c2ccccc2n1. The molecule has 0 aliphatic heterocycles. The van der Waals surface area contributed by atoms with Gasteiger partial charge in [-0.1, -0.05) is 25.1 Å². The number of benzene rings is 1. The highest BCUT2D eigenvalue weighted by molar-refractivity contribution is 8.01. The number of hydrogen-bond donors (Lipinski definition) is 1. The topological polar surface area (TPSA) is 63.6 Å². The predicted octanol–water partition coefficient (Wildman–Crippen LogP) is 3.45. The molecule has 0 aliphatic carbocycles. The molecule has 0 saturated carbocycles. The number of para-hydroxylation sites is 1. The van der Waals surface area contributed by atoms with E-state index in [1.807, 2.05) is 24.3 Å². The van der Waals surface area contributed by atoms with Gasteiger partial charge in [-0.3, -0.25) is 0 Å². The minimum absolute atomic E-state index is 0.664. The molecule has 0 aliphatic rings. The first kappa shape index (κ1) is 13.3. The van der Waals surface area contributed by atoms with Crippen molar-refractivity contribution >= 4 is 40.1 Å². The highest BCUT2D eigenvalue weighted by Gasteiger charge is 2.10. The Morgan fingerprint density at radius 2 is 2.15 bits per heavy atom. The molecule has 0 unspecified atom stereocenters. The van der Waals surface area contributed by atoms with Crippen LogP contribution in [0.25, 0.3) is 10.9 Å². The molecule has 1 N–H and O–H groups in total. The molecule has 1 aromatic carbocycles. The third kappa shape index (κ3) is 2.88. The maximum Gasteiger partial charge on any atom is 0.224 e. The molecule has 3 rings (SSSR count). The highest BCUT2D eigenvalue weighted by Crippen LogP contribution is 2.32. The summed E-state index contributed by atoms with van der Waals surface area (Å²) in [5.41, 5.74) is 0.938. The average molecular weight is 303 g/mol. The summed E-state index contributed by atoms with van der Waals surface area (Å²) in [7, 11) is 0. The first-order chi connectivity index (χ1) is 9.86. The van der Waals surface area contributed by atoms with Crippen LogP contribution >= 0.6 is 23.3 Å². The van der Waals surface area contributed by atoms with Gasteiger partial charge in [-0.25, -0.2) is 15.0 Å². The third-order valence-corrected chi connectivity index (χ3v) is 4.35. The van der Waals surface area contributed by atoms with Crippen molar-refractivity contribution < 1.29 is 0 Å². The van der Waals surface area contributed by atoms with E-state index in [1.54, 1.807) is 6.33 Å². The van der Waals surface area contributed by atoms with Crippen molar-refractivity contribution in [2.45, 2.75) is 22.7 Å². The van der Waals surface area contributed by atoms with E-state index in [4.69, 9.17) is 0 Å². The molecule has 0 radical (unpaired) electrons. The van der Waals surface area contributed by atoms with Crippen molar-refractivity contribution in [2.75, 3.05) is 11.9 Å². The van der Waals surface area contributed by atoms with Crippen LogP contribution < -0.4 is 5.32 Å². The summed E-state index contributed by atoms with van der Waals surface area (Å²) in [6, 6.07) is 8.01. The van der Waals surface area contributed by atoms with Crippen LogP contribution in [0.5, 0.6) is 0 Å². The zero-order valence-electron chi connectivity index (χ0n) is 10.9. The molecule has 2 heterocycles. The van der Waals surface area contributed by atoms with Crippen LogP contribution in [0.2, 0.25) is 0 Å². The number of aromatic nitrogens is 4. The van der Waals surface area contributed by atoms with Gasteiger partial charge in [-0.2, -0.15) is 4.37 Å². The van der Waals surface area contributed by atoms with Gasteiger partial charge in [-0.15, -0.1) is 0 Å². The third-order valence-electron chi connectivity index (χ3n) is 2.63.